The van der Waals surface area contributed by atoms with E-state index in [0.29, 0.717) is 6.54 Å². The molecule has 11 heteroatoms. The number of rotatable bonds is 7. The van der Waals surface area contributed by atoms with E-state index in [1.807, 2.05) is 35.0 Å². The van der Waals surface area contributed by atoms with Crippen molar-refractivity contribution >= 4 is 28.8 Å². The van der Waals surface area contributed by atoms with Crippen LogP contribution < -0.4 is 4.74 Å². The van der Waals surface area contributed by atoms with E-state index >= 15 is 0 Å². The highest BCUT2D eigenvalue weighted by Gasteiger charge is 2.17. The van der Waals surface area contributed by atoms with Crippen LogP contribution in [0.25, 0.3) is 5.65 Å². The van der Waals surface area contributed by atoms with Gasteiger partial charge in [0.25, 0.3) is 11.6 Å². The van der Waals surface area contributed by atoms with Crippen molar-refractivity contribution in [2.75, 3.05) is 7.05 Å². The standard InChI is InChI=1S/C20H17ClN6O4/c1-24(11-14-12-25-8-3-2-4-19(25)22-14)20(28)17-7-9-26(23-17)13-31-18-6-5-15(27(29)30)10-16(18)21/h2-10,12H,11,13H2,1H3. The summed E-state index contributed by atoms with van der Waals surface area (Å²) < 4.78 is 8.87. The van der Waals surface area contributed by atoms with Crippen molar-refractivity contribution in [3.8, 4) is 5.75 Å². The molecule has 0 unspecified atom stereocenters. The van der Waals surface area contributed by atoms with Gasteiger partial charge in [-0.25, -0.2) is 9.67 Å². The molecule has 0 aliphatic heterocycles. The van der Waals surface area contributed by atoms with Gasteiger partial charge in [0, 0.05) is 37.8 Å². The lowest BCUT2D eigenvalue weighted by molar-refractivity contribution is -0.384. The summed E-state index contributed by atoms with van der Waals surface area (Å²) in [6.07, 6.45) is 5.37. The van der Waals surface area contributed by atoms with Crippen molar-refractivity contribution in [2.24, 2.45) is 0 Å². The molecule has 4 aromatic rings. The predicted octanol–water partition coefficient (Wildman–Crippen LogP) is 3.40. The first-order valence-electron chi connectivity index (χ1n) is 9.19. The van der Waals surface area contributed by atoms with Gasteiger partial charge in [0.2, 0.25) is 0 Å². The summed E-state index contributed by atoms with van der Waals surface area (Å²) in [4.78, 5) is 29.0. The number of non-ortho nitro benzene ring substituents is 1. The van der Waals surface area contributed by atoms with Gasteiger partial charge in [0.05, 0.1) is 22.2 Å². The molecule has 0 saturated heterocycles. The Morgan fingerprint density at radius 3 is 2.84 bits per heavy atom. The molecule has 10 nitrogen and oxygen atoms in total. The number of imidazole rings is 1. The minimum Gasteiger partial charge on any atom is -0.470 e. The van der Waals surface area contributed by atoms with Gasteiger partial charge < -0.3 is 14.0 Å². The summed E-state index contributed by atoms with van der Waals surface area (Å²) in [6, 6.07) is 11.2. The largest absolute Gasteiger partial charge is 0.470 e. The fraction of sp³-hybridized carbons (Fsp3) is 0.150. The summed E-state index contributed by atoms with van der Waals surface area (Å²) in [6.45, 7) is 0.323. The van der Waals surface area contributed by atoms with Crippen LogP contribution in [0, 0.1) is 10.1 Å². The molecule has 0 atom stereocenters. The van der Waals surface area contributed by atoms with Crippen molar-refractivity contribution in [3.63, 3.8) is 0 Å². The van der Waals surface area contributed by atoms with E-state index in [2.05, 4.69) is 10.1 Å². The SMILES string of the molecule is CN(Cc1cn2ccccc2n1)C(=O)c1ccn(COc2ccc([N+](=O)[O-])cc2Cl)n1. The van der Waals surface area contributed by atoms with Gasteiger partial charge >= 0.3 is 0 Å². The van der Waals surface area contributed by atoms with Gasteiger partial charge in [0.15, 0.2) is 12.4 Å². The zero-order valence-electron chi connectivity index (χ0n) is 16.4. The number of carbonyl (C=O) groups is 1. The first-order chi connectivity index (χ1) is 14.9. The van der Waals surface area contributed by atoms with Crippen LogP contribution in [0.15, 0.2) is 61.1 Å². The van der Waals surface area contributed by atoms with Crippen molar-refractivity contribution in [1.29, 1.82) is 0 Å². The molecular weight excluding hydrogens is 424 g/mol. The fourth-order valence-electron chi connectivity index (χ4n) is 2.98. The molecule has 0 aliphatic rings. The Labute approximate surface area is 181 Å². The zero-order chi connectivity index (χ0) is 22.0. The monoisotopic (exact) mass is 440 g/mol. The zero-order valence-corrected chi connectivity index (χ0v) is 17.1. The number of fused-ring (bicyclic) bond motifs is 1. The van der Waals surface area contributed by atoms with Gasteiger partial charge in [-0.2, -0.15) is 5.10 Å². The number of benzene rings is 1. The van der Waals surface area contributed by atoms with Crippen LogP contribution in [0.5, 0.6) is 5.75 Å². The average molecular weight is 441 g/mol. The quantitative estimate of drug-likeness (QED) is 0.322. The van der Waals surface area contributed by atoms with E-state index < -0.39 is 4.92 Å². The maximum atomic E-state index is 12.7. The number of hydrogen-bond acceptors (Lipinski definition) is 6. The lowest BCUT2D eigenvalue weighted by atomic mass is 10.3. The van der Waals surface area contributed by atoms with E-state index in [4.69, 9.17) is 16.3 Å². The number of amides is 1. The molecule has 0 aliphatic carbocycles. The number of pyridine rings is 1. The van der Waals surface area contributed by atoms with E-state index in [9.17, 15) is 14.9 Å². The van der Waals surface area contributed by atoms with Crippen LogP contribution >= 0.6 is 11.6 Å². The van der Waals surface area contributed by atoms with E-state index in [1.165, 1.54) is 27.8 Å². The Kier molecular flexibility index (Phi) is 5.54. The van der Waals surface area contributed by atoms with E-state index in [0.717, 1.165) is 11.3 Å². The van der Waals surface area contributed by atoms with Crippen molar-refractivity contribution in [3.05, 3.63) is 87.6 Å². The van der Waals surface area contributed by atoms with E-state index in [1.54, 1.807) is 19.3 Å². The topological polar surface area (TPSA) is 108 Å². The third-order valence-corrected chi connectivity index (χ3v) is 4.79. The van der Waals surface area contributed by atoms with Crippen LogP contribution in [0.3, 0.4) is 0 Å². The highest BCUT2D eigenvalue weighted by atomic mass is 35.5. The molecule has 158 valence electrons. The van der Waals surface area contributed by atoms with Gasteiger partial charge in [-0.15, -0.1) is 0 Å². The molecular formula is C20H17ClN6O4. The fourth-order valence-corrected chi connectivity index (χ4v) is 3.21. The number of nitro groups is 1. The lowest BCUT2D eigenvalue weighted by Gasteiger charge is -2.14. The number of ether oxygens (including phenoxy) is 1. The Bertz CT molecular complexity index is 1230. The molecule has 0 bridgehead atoms. The second-order valence-electron chi connectivity index (χ2n) is 6.75. The van der Waals surface area contributed by atoms with Crippen molar-refractivity contribution < 1.29 is 14.5 Å². The number of halogens is 1. The number of hydrogen-bond donors (Lipinski definition) is 0. The van der Waals surface area contributed by atoms with Crippen LogP contribution in [-0.2, 0) is 13.3 Å². The minimum atomic E-state index is -0.538. The van der Waals surface area contributed by atoms with Crippen molar-refractivity contribution in [1.82, 2.24) is 24.1 Å². The summed E-state index contributed by atoms with van der Waals surface area (Å²) in [7, 11) is 1.68. The normalized spacial score (nSPS) is 10.9. The average Bonchev–Trinajstić information content (AvgIpc) is 3.38. The molecule has 4 rings (SSSR count). The number of nitrogens with zero attached hydrogens (tertiary/aromatic N) is 6. The Morgan fingerprint density at radius 1 is 1.26 bits per heavy atom. The summed E-state index contributed by atoms with van der Waals surface area (Å²) >= 11 is 6.02. The molecule has 0 radical (unpaired) electrons. The highest BCUT2D eigenvalue weighted by Crippen LogP contribution is 2.28. The third kappa shape index (κ3) is 4.48. The van der Waals surface area contributed by atoms with Crippen LogP contribution in [0.4, 0.5) is 5.69 Å². The highest BCUT2D eigenvalue weighted by molar-refractivity contribution is 6.32. The maximum Gasteiger partial charge on any atom is 0.274 e. The number of carbonyl (C=O) groups excluding carboxylic acids is 1. The molecule has 0 fully saturated rings. The van der Waals surface area contributed by atoms with Gasteiger partial charge in [-0.1, -0.05) is 17.7 Å². The summed E-state index contributed by atoms with van der Waals surface area (Å²) in [5.74, 6) is 0.0174. The maximum absolute atomic E-state index is 12.7. The smallest absolute Gasteiger partial charge is 0.274 e. The first kappa shape index (κ1) is 20.4. The second-order valence-corrected chi connectivity index (χ2v) is 7.15. The number of aromatic nitrogens is 4. The summed E-state index contributed by atoms with van der Waals surface area (Å²) in [5.41, 5.74) is 1.70. The molecule has 1 aromatic carbocycles. The summed E-state index contributed by atoms with van der Waals surface area (Å²) in [5, 5.41) is 15.1. The molecule has 0 N–H and O–H groups in total. The Morgan fingerprint density at radius 2 is 2.10 bits per heavy atom. The second kappa shape index (κ2) is 8.44. The predicted molar refractivity (Wildman–Crippen MR) is 112 cm³/mol. The molecule has 0 spiro atoms. The number of nitro benzene ring substituents is 1. The first-order valence-corrected chi connectivity index (χ1v) is 9.57. The molecule has 3 heterocycles. The van der Waals surface area contributed by atoms with Gasteiger partial charge in [-0.05, 0) is 24.3 Å². The van der Waals surface area contributed by atoms with Crippen LogP contribution in [-0.4, -0.2) is 41.9 Å². The Balaban J connectivity index is 1.38. The van der Waals surface area contributed by atoms with Gasteiger partial charge in [0.1, 0.15) is 11.4 Å². The molecule has 0 saturated carbocycles. The van der Waals surface area contributed by atoms with E-state index in [-0.39, 0.29) is 34.8 Å². The Hall–Kier alpha value is -3.92. The molecule has 3 aromatic heterocycles. The molecule has 1 amide bonds. The van der Waals surface area contributed by atoms with Crippen molar-refractivity contribution in [2.45, 2.75) is 13.3 Å². The lowest BCUT2D eigenvalue weighted by Crippen LogP contribution is -2.27. The van der Waals surface area contributed by atoms with Gasteiger partial charge in [-0.3, -0.25) is 14.9 Å². The molecule has 31 heavy (non-hydrogen) atoms. The van der Waals surface area contributed by atoms with Crippen LogP contribution in [0.2, 0.25) is 5.02 Å². The third-order valence-electron chi connectivity index (χ3n) is 4.50. The minimum absolute atomic E-state index is 0.0129. The van der Waals surface area contributed by atoms with Crippen LogP contribution in [0.1, 0.15) is 16.2 Å².